The summed E-state index contributed by atoms with van der Waals surface area (Å²) in [6.07, 6.45) is 4.13. The van der Waals surface area contributed by atoms with Crippen molar-refractivity contribution in [2.75, 3.05) is 18.2 Å². The maximum atomic E-state index is 11.7. The molecule has 10 heteroatoms. The van der Waals surface area contributed by atoms with Crippen molar-refractivity contribution in [3.63, 3.8) is 0 Å². The van der Waals surface area contributed by atoms with Gasteiger partial charge in [0.15, 0.2) is 0 Å². The lowest BCUT2D eigenvalue weighted by Gasteiger charge is -2.09. The lowest BCUT2D eigenvalue weighted by molar-refractivity contribution is 0.0526. The van der Waals surface area contributed by atoms with Crippen LogP contribution in [-0.4, -0.2) is 46.6 Å². The number of hydrogen-bond acceptors (Lipinski definition) is 8. The maximum absolute atomic E-state index is 11.7. The van der Waals surface area contributed by atoms with E-state index in [-0.39, 0.29) is 16.9 Å². The highest BCUT2D eigenvalue weighted by molar-refractivity contribution is 7.90. The molecule has 0 saturated carbocycles. The fourth-order valence-corrected chi connectivity index (χ4v) is 2.59. The number of benzene rings is 1. The monoisotopic (exact) mass is 361 g/mol. The van der Waals surface area contributed by atoms with Crippen molar-refractivity contribution in [3.8, 4) is 0 Å². The van der Waals surface area contributed by atoms with Gasteiger partial charge in [0.2, 0.25) is 21.6 Å². The fourth-order valence-electron chi connectivity index (χ4n) is 2.09. The highest BCUT2D eigenvalue weighted by Gasteiger charge is 2.16. The Morgan fingerprint density at radius 1 is 1.24 bits per heavy atom. The molecular weight excluding hydrogens is 346 g/mol. The molecule has 1 N–H and O–H groups in total. The molecule has 0 amide bonds. The predicted octanol–water partition coefficient (Wildman–Crippen LogP) is 1.45. The Kier molecular flexibility index (Phi) is 4.36. The third-order valence-corrected chi connectivity index (χ3v) is 4.08. The Morgan fingerprint density at radius 2 is 1.96 bits per heavy atom. The van der Waals surface area contributed by atoms with Crippen LogP contribution in [0.3, 0.4) is 0 Å². The van der Waals surface area contributed by atoms with Crippen molar-refractivity contribution in [2.24, 2.45) is 0 Å². The summed E-state index contributed by atoms with van der Waals surface area (Å²) in [5.74, 6) is 0.0420. The van der Waals surface area contributed by atoms with Gasteiger partial charge in [0.25, 0.3) is 5.16 Å². The first-order valence-corrected chi connectivity index (χ1v) is 9.23. The summed E-state index contributed by atoms with van der Waals surface area (Å²) in [4.78, 5) is 23.6. The minimum Gasteiger partial charge on any atom is -0.462 e. The lowest BCUT2D eigenvalue weighted by atomic mass is 10.2. The van der Waals surface area contributed by atoms with Crippen LogP contribution in [0, 0.1) is 0 Å². The molecule has 0 unspecified atom stereocenters. The number of aromatic nitrogens is 4. The molecule has 0 saturated heterocycles. The van der Waals surface area contributed by atoms with Crippen LogP contribution in [0.5, 0.6) is 0 Å². The molecule has 0 aliphatic heterocycles. The SMILES string of the molecule is CCOC(=O)c1ccc(Nc2nc(S(C)(=O)=O)nc3nccn23)cc1. The number of sulfone groups is 1. The summed E-state index contributed by atoms with van der Waals surface area (Å²) in [6.45, 7) is 2.03. The van der Waals surface area contributed by atoms with Crippen LogP contribution in [0.25, 0.3) is 5.78 Å². The van der Waals surface area contributed by atoms with E-state index in [9.17, 15) is 13.2 Å². The van der Waals surface area contributed by atoms with E-state index in [4.69, 9.17) is 4.74 Å². The highest BCUT2D eigenvalue weighted by Crippen LogP contribution is 2.18. The van der Waals surface area contributed by atoms with E-state index in [0.29, 0.717) is 17.9 Å². The van der Waals surface area contributed by atoms with Gasteiger partial charge < -0.3 is 10.1 Å². The maximum Gasteiger partial charge on any atom is 0.338 e. The second-order valence-electron chi connectivity index (χ2n) is 5.12. The van der Waals surface area contributed by atoms with E-state index in [0.717, 1.165) is 6.26 Å². The first-order valence-electron chi connectivity index (χ1n) is 7.34. The Morgan fingerprint density at radius 3 is 2.60 bits per heavy atom. The Bertz CT molecular complexity index is 1030. The van der Waals surface area contributed by atoms with Gasteiger partial charge in [-0.05, 0) is 31.2 Å². The molecule has 0 aliphatic rings. The second kappa shape index (κ2) is 6.48. The van der Waals surface area contributed by atoms with E-state index in [1.807, 2.05) is 0 Å². The minimum absolute atomic E-state index is 0.209. The van der Waals surface area contributed by atoms with Crippen LogP contribution >= 0.6 is 0 Å². The second-order valence-corrected chi connectivity index (χ2v) is 7.03. The van der Waals surface area contributed by atoms with Gasteiger partial charge in [-0.1, -0.05) is 0 Å². The predicted molar refractivity (Wildman–Crippen MR) is 89.6 cm³/mol. The topological polar surface area (TPSA) is 116 Å². The molecule has 3 aromatic rings. The molecule has 0 spiro atoms. The highest BCUT2D eigenvalue weighted by atomic mass is 32.2. The van der Waals surface area contributed by atoms with Crippen LogP contribution in [-0.2, 0) is 14.6 Å². The van der Waals surface area contributed by atoms with Gasteiger partial charge in [0, 0.05) is 24.3 Å². The summed E-state index contributed by atoms with van der Waals surface area (Å²) in [7, 11) is -3.59. The van der Waals surface area contributed by atoms with Crippen molar-refractivity contribution >= 4 is 33.2 Å². The summed E-state index contributed by atoms with van der Waals surface area (Å²) in [5, 5.41) is 2.68. The number of esters is 1. The molecule has 9 nitrogen and oxygen atoms in total. The zero-order valence-corrected chi connectivity index (χ0v) is 14.3. The van der Waals surface area contributed by atoms with Crippen molar-refractivity contribution < 1.29 is 17.9 Å². The largest absolute Gasteiger partial charge is 0.462 e. The number of carbonyl (C=O) groups is 1. The molecule has 2 aromatic heterocycles. The Labute approximate surface area is 143 Å². The van der Waals surface area contributed by atoms with E-state index in [1.165, 1.54) is 10.6 Å². The van der Waals surface area contributed by atoms with E-state index in [1.54, 1.807) is 37.4 Å². The van der Waals surface area contributed by atoms with Gasteiger partial charge in [-0.15, -0.1) is 0 Å². The molecule has 0 aliphatic carbocycles. The molecule has 0 bridgehead atoms. The van der Waals surface area contributed by atoms with Crippen molar-refractivity contribution in [1.82, 2.24) is 19.4 Å². The third kappa shape index (κ3) is 3.58. The average Bonchev–Trinajstić information content (AvgIpc) is 3.04. The number of imidazole rings is 1. The molecular formula is C15H15N5O4S. The molecule has 130 valence electrons. The van der Waals surface area contributed by atoms with Gasteiger partial charge in [-0.2, -0.15) is 9.97 Å². The van der Waals surface area contributed by atoms with Crippen molar-refractivity contribution in [2.45, 2.75) is 12.1 Å². The van der Waals surface area contributed by atoms with Gasteiger partial charge in [0.1, 0.15) is 0 Å². The average molecular weight is 361 g/mol. The molecule has 0 radical (unpaired) electrons. The van der Waals surface area contributed by atoms with Crippen LogP contribution in [0.2, 0.25) is 0 Å². The third-order valence-electron chi connectivity index (χ3n) is 3.23. The zero-order valence-electron chi connectivity index (χ0n) is 13.5. The number of anilines is 2. The standard InChI is InChI=1S/C15H15N5O4S/c1-3-24-12(21)10-4-6-11(7-5-10)17-14-19-15(25(2,22)23)18-13-16-8-9-20(13)14/h4-9H,3H2,1-2H3,(H,16,17,18,19). The Balaban J connectivity index is 1.95. The molecule has 0 fully saturated rings. The molecule has 0 atom stereocenters. The van der Waals surface area contributed by atoms with Gasteiger partial charge in [-0.3, -0.25) is 4.40 Å². The number of rotatable bonds is 5. The first-order chi connectivity index (χ1) is 11.9. The fraction of sp³-hybridized carbons (Fsp3) is 0.200. The molecule has 3 rings (SSSR count). The number of hydrogen-bond donors (Lipinski definition) is 1. The van der Waals surface area contributed by atoms with Crippen LogP contribution in [0.15, 0.2) is 41.8 Å². The van der Waals surface area contributed by atoms with Gasteiger partial charge in [0.05, 0.1) is 12.2 Å². The summed E-state index contributed by atoms with van der Waals surface area (Å²) in [6, 6.07) is 6.53. The summed E-state index contributed by atoms with van der Waals surface area (Å²) >= 11 is 0. The normalized spacial score (nSPS) is 11.4. The smallest absolute Gasteiger partial charge is 0.338 e. The number of nitrogens with zero attached hydrogens (tertiary/aromatic N) is 4. The summed E-state index contributed by atoms with van der Waals surface area (Å²) in [5.41, 5.74) is 1.03. The Hall–Kier alpha value is -3.01. The van der Waals surface area contributed by atoms with Crippen molar-refractivity contribution in [1.29, 1.82) is 0 Å². The van der Waals surface area contributed by atoms with E-state index < -0.39 is 15.8 Å². The van der Waals surface area contributed by atoms with Crippen LogP contribution in [0.1, 0.15) is 17.3 Å². The number of fused-ring (bicyclic) bond motifs is 1. The van der Waals surface area contributed by atoms with Crippen molar-refractivity contribution in [3.05, 3.63) is 42.2 Å². The number of nitrogens with one attached hydrogen (secondary N) is 1. The van der Waals surface area contributed by atoms with Crippen LogP contribution in [0.4, 0.5) is 11.6 Å². The van der Waals surface area contributed by atoms with E-state index in [2.05, 4.69) is 20.3 Å². The lowest BCUT2D eigenvalue weighted by Crippen LogP contribution is -2.10. The van der Waals surface area contributed by atoms with Gasteiger partial charge in [-0.25, -0.2) is 18.2 Å². The molecule has 1 aromatic carbocycles. The summed E-state index contributed by atoms with van der Waals surface area (Å²) < 4.78 is 29.9. The van der Waals surface area contributed by atoms with Gasteiger partial charge >= 0.3 is 5.97 Å². The number of carbonyl (C=O) groups excluding carboxylic acids is 1. The van der Waals surface area contributed by atoms with E-state index >= 15 is 0 Å². The van der Waals surface area contributed by atoms with Crippen LogP contribution < -0.4 is 5.32 Å². The zero-order chi connectivity index (χ0) is 18.0. The number of ether oxygens (including phenoxy) is 1. The first kappa shape index (κ1) is 16.8. The molecule has 2 heterocycles. The minimum atomic E-state index is -3.59. The molecule has 25 heavy (non-hydrogen) atoms. The quantitative estimate of drug-likeness (QED) is 0.679.